The molecule has 0 radical (unpaired) electrons. The zero-order chi connectivity index (χ0) is 30.8. The monoisotopic (exact) mass is 663 g/mol. The lowest BCUT2D eigenvalue weighted by molar-refractivity contribution is -0.139. The van der Waals surface area contributed by atoms with Crippen molar-refractivity contribution in [2.75, 3.05) is 24.2 Å². The summed E-state index contributed by atoms with van der Waals surface area (Å²) in [6, 6.07) is 32.2. The first kappa shape index (κ1) is 31.8. The number of halogens is 1. The molecule has 4 aromatic rings. The number of likely N-dealkylation sites (N-methyl/N-ethyl adjacent to an activating group) is 1. The van der Waals surface area contributed by atoms with Gasteiger partial charge in [0, 0.05) is 24.5 Å². The second-order valence-electron chi connectivity index (χ2n) is 10.0. The van der Waals surface area contributed by atoms with Gasteiger partial charge < -0.3 is 15.0 Å². The van der Waals surface area contributed by atoms with Gasteiger partial charge in [0.15, 0.2) is 0 Å². The molecule has 4 rings (SSSR count). The summed E-state index contributed by atoms with van der Waals surface area (Å²) in [5, 5.41) is 2.68. The summed E-state index contributed by atoms with van der Waals surface area (Å²) in [5.74, 6) is -0.302. The third kappa shape index (κ3) is 9.17. The maximum atomic E-state index is 14.0. The molecule has 0 saturated carbocycles. The molecule has 0 aliphatic rings. The molecule has 43 heavy (non-hydrogen) atoms. The number of amides is 2. The Bertz CT molecular complexity index is 1620. The third-order valence-electron chi connectivity index (χ3n) is 6.81. The Hall–Kier alpha value is -4.15. The molecule has 0 aliphatic carbocycles. The highest BCUT2D eigenvalue weighted by Gasteiger charge is 2.32. The number of anilines is 1. The van der Waals surface area contributed by atoms with Crippen molar-refractivity contribution < 1.29 is 22.7 Å². The number of rotatable bonds is 13. The molecule has 224 valence electrons. The van der Waals surface area contributed by atoms with Gasteiger partial charge in [-0.2, -0.15) is 0 Å². The van der Waals surface area contributed by atoms with Gasteiger partial charge in [0.05, 0.1) is 11.9 Å². The molecule has 0 aliphatic heterocycles. The number of hydrogen-bond acceptors (Lipinski definition) is 5. The van der Waals surface area contributed by atoms with Gasteiger partial charge in [-0.1, -0.05) is 88.7 Å². The lowest BCUT2D eigenvalue weighted by Gasteiger charge is -2.33. The van der Waals surface area contributed by atoms with Crippen molar-refractivity contribution in [2.45, 2.75) is 25.6 Å². The van der Waals surface area contributed by atoms with Gasteiger partial charge >= 0.3 is 0 Å². The third-order valence-corrected chi connectivity index (χ3v) is 8.45. The highest BCUT2D eigenvalue weighted by atomic mass is 79.9. The fourth-order valence-electron chi connectivity index (χ4n) is 4.62. The minimum absolute atomic E-state index is 0.104. The SMILES string of the molecule is CNC(=O)C(Cc1ccccc1)N(Cc1cccc(Br)c1)C(=O)CN(c1ccc(OCc2ccccc2)cc1)S(C)(=O)=O. The molecule has 4 aromatic carbocycles. The number of nitrogens with one attached hydrogen (secondary N) is 1. The molecule has 0 heterocycles. The van der Waals surface area contributed by atoms with Crippen LogP contribution in [0.15, 0.2) is 114 Å². The Kier molecular flexibility index (Phi) is 11.0. The molecule has 0 bridgehead atoms. The molecule has 10 heteroatoms. The van der Waals surface area contributed by atoms with E-state index in [0.717, 1.165) is 31.7 Å². The van der Waals surface area contributed by atoms with Gasteiger partial charge in [0.2, 0.25) is 21.8 Å². The number of carbonyl (C=O) groups excluding carboxylic acids is 2. The van der Waals surface area contributed by atoms with Crippen LogP contribution < -0.4 is 14.4 Å². The first-order valence-electron chi connectivity index (χ1n) is 13.7. The van der Waals surface area contributed by atoms with E-state index in [-0.39, 0.29) is 18.9 Å². The van der Waals surface area contributed by atoms with Crippen LogP contribution >= 0.6 is 15.9 Å². The molecular weight excluding hydrogens is 630 g/mol. The minimum atomic E-state index is -3.87. The molecule has 0 fully saturated rings. The standard InChI is InChI=1S/C33H34BrN3O5S/c1-35-33(39)31(21-25-10-5-3-6-11-25)36(22-27-14-9-15-28(34)20-27)32(38)23-37(43(2,40)41)29-16-18-30(19-17-29)42-24-26-12-7-4-8-13-26/h3-20,31H,21-24H2,1-2H3,(H,35,39). The van der Waals surface area contributed by atoms with E-state index < -0.39 is 28.5 Å². The lowest BCUT2D eigenvalue weighted by Crippen LogP contribution is -2.52. The average Bonchev–Trinajstić information content (AvgIpc) is 3.01. The van der Waals surface area contributed by atoms with Gasteiger partial charge in [0.25, 0.3) is 0 Å². The Morgan fingerprint density at radius 3 is 2.02 bits per heavy atom. The normalized spacial score (nSPS) is 11.8. The Labute approximate surface area is 261 Å². The van der Waals surface area contributed by atoms with Gasteiger partial charge in [-0.05, 0) is 53.1 Å². The maximum absolute atomic E-state index is 14.0. The molecule has 0 spiro atoms. The van der Waals surface area contributed by atoms with E-state index in [4.69, 9.17) is 4.74 Å². The number of benzene rings is 4. The molecule has 0 saturated heterocycles. The molecule has 8 nitrogen and oxygen atoms in total. The van der Waals surface area contributed by atoms with Crippen LogP contribution in [0.4, 0.5) is 5.69 Å². The quantitative estimate of drug-likeness (QED) is 0.213. The summed E-state index contributed by atoms with van der Waals surface area (Å²) in [5.41, 5.74) is 2.97. The van der Waals surface area contributed by atoms with Crippen molar-refractivity contribution in [2.24, 2.45) is 0 Å². The summed E-state index contributed by atoms with van der Waals surface area (Å²) < 4.78 is 33.7. The maximum Gasteiger partial charge on any atom is 0.244 e. The minimum Gasteiger partial charge on any atom is -0.489 e. The average molecular weight is 665 g/mol. The largest absolute Gasteiger partial charge is 0.489 e. The van der Waals surface area contributed by atoms with Crippen LogP contribution in [0.5, 0.6) is 5.75 Å². The second-order valence-corrected chi connectivity index (χ2v) is 12.8. The summed E-state index contributed by atoms with van der Waals surface area (Å²) in [6.45, 7) is -0.0201. The van der Waals surface area contributed by atoms with Crippen LogP contribution in [-0.2, 0) is 39.2 Å². The number of hydrogen-bond donors (Lipinski definition) is 1. The van der Waals surface area contributed by atoms with Crippen LogP contribution in [0.25, 0.3) is 0 Å². The van der Waals surface area contributed by atoms with Gasteiger partial charge in [0.1, 0.15) is 24.9 Å². The van der Waals surface area contributed by atoms with Crippen molar-refractivity contribution in [1.82, 2.24) is 10.2 Å². The molecular formula is C33H34BrN3O5S. The predicted octanol–water partition coefficient (Wildman–Crippen LogP) is 5.18. The van der Waals surface area contributed by atoms with E-state index in [2.05, 4.69) is 21.2 Å². The molecule has 0 aromatic heterocycles. The zero-order valence-electron chi connectivity index (χ0n) is 24.0. The first-order valence-corrected chi connectivity index (χ1v) is 16.3. The van der Waals surface area contributed by atoms with E-state index in [1.54, 1.807) is 24.3 Å². The second kappa shape index (κ2) is 14.8. The highest BCUT2D eigenvalue weighted by Crippen LogP contribution is 2.24. The fraction of sp³-hybridized carbons (Fsp3) is 0.212. The molecule has 2 amide bonds. The van der Waals surface area contributed by atoms with E-state index in [1.807, 2.05) is 84.9 Å². The van der Waals surface area contributed by atoms with Crippen LogP contribution in [0.1, 0.15) is 16.7 Å². The topological polar surface area (TPSA) is 96.0 Å². The van der Waals surface area contributed by atoms with E-state index in [9.17, 15) is 18.0 Å². The van der Waals surface area contributed by atoms with Gasteiger partial charge in [-0.3, -0.25) is 13.9 Å². The number of carbonyl (C=O) groups is 2. The lowest BCUT2D eigenvalue weighted by atomic mass is 10.0. The smallest absolute Gasteiger partial charge is 0.244 e. The van der Waals surface area contributed by atoms with E-state index in [1.165, 1.54) is 11.9 Å². The van der Waals surface area contributed by atoms with E-state index in [0.29, 0.717) is 18.0 Å². The Morgan fingerprint density at radius 1 is 0.837 bits per heavy atom. The highest BCUT2D eigenvalue weighted by molar-refractivity contribution is 9.10. The number of ether oxygens (including phenoxy) is 1. The summed E-state index contributed by atoms with van der Waals surface area (Å²) in [6.07, 6.45) is 1.31. The summed E-state index contributed by atoms with van der Waals surface area (Å²) in [7, 11) is -2.35. The van der Waals surface area contributed by atoms with Crippen molar-refractivity contribution in [3.63, 3.8) is 0 Å². The summed E-state index contributed by atoms with van der Waals surface area (Å²) >= 11 is 3.47. The molecule has 1 atom stereocenters. The fourth-order valence-corrected chi connectivity index (χ4v) is 5.91. The van der Waals surface area contributed by atoms with Crippen molar-refractivity contribution in [3.8, 4) is 5.75 Å². The van der Waals surface area contributed by atoms with Crippen LogP contribution in [0.2, 0.25) is 0 Å². The van der Waals surface area contributed by atoms with Crippen LogP contribution in [0, 0.1) is 0 Å². The Morgan fingerprint density at radius 2 is 1.44 bits per heavy atom. The van der Waals surface area contributed by atoms with Gasteiger partial charge in [-0.15, -0.1) is 0 Å². The number of sulfonamides is 1. The van der Waals surface area contributed by atoms with Gasteiger partial charge in [-0.25, -0.2) is 8.42 Å². The predicted molar refractivity (Wildman–Crippen MR) is 172 cm³/mol. The Balaban J connectivity index is 1.61. The van der Waals surface area contributed by atoms with Crippen molar-refractivity contribution in [1.29, 1.82) is 0 Å². The van der Waals surface area contributed by atoms with Crippen molar-refractivity contribution >= 4 is 43.5 Å². The number of nitrogens with zero attached hydrogens (tertiary/aromatic N) is 2. The van der Waals surface area contributed by atoms with E-state index >= 15 is 0 Å². The first-order chi connectivity index (χ1) is 20.6. The van der Waals surface area contributed by atoms with Crippen LogP contribution in [-0.4, -0.2) is 51.0 Å². The van der Waals surface area contributed by atoms with Crippen molar-refractivity contribution in [3.05, 3.63) is 130 Å². The zero-order valence-corrected chi connectivity index (χ0v) is 26.4. The van der Waals surface area contributed by atoms with Crippen LogP contribution in [0.3, 0.4) is 0 Å². The molecule has 1 N–H and O–H groups in total. The molecule has 1 unspecified atom stereocenters. The summed E-state index contributed by atoms with van der Waals surface area (Å²) in [4.78, 5) is 28.7.